The van der Waals surface area contributed by atoms with Crippen molar-refractivity contribution in [1.29, 1.82) is 0 Å². The van der Waals surface area contributed by atoms with Crippen molar-refractivity contribution in [3.05, 3.63) is 34.5 Å². The predicted molar refractivity (Wildman–Crippen MR) is 73.3 cm³/mol. The summed E-state index contributed by atoms with van der Waals surface area (Å²) in [5.41, 5.74) is 8.31. The van der Waals surface area contributed by atoms with Gasteiger partial charge in [-0.15, -0.1) is 0 Å². The van der Waals surface area contributed by atoms with E-state index < -0.39 is 0 Å². The maximum absolute atomic E-state index is 5.97. The Morgan fingerprint density at radius 2 is 2.11 bits per heavy atom. The SMILES string of the molecule is CCn1nc(C)c(N)c1Oc1cc(Cl)ccc1C. The Kier molecular flexibility index (Phi) is 3.48. The average Bonchev–Trinajstić information content (AvgIpc) is 2.61. The van der Waals surface area contributed by atoms with Crippen LogP contribution in [0.4, 0.5) is 5.69 Å². The van der Waals surface area contributed by atoms with Crippen LogP contribution in [0.15, 0.2) is 18.2 Å². The topological polar surface area (TPSA) is 53.1 Å². The molecule has 0 fully saturated rings. The van der Waals surface area contributed by atoms with E-state index in [4.69, 9.17) is 22.1 Å². The lowest BCUT2D eigenvalue weighted by Crippen LogP contribution is -2.01. The van der Waals surface area contributed by atoms with Crippen molar-refractivity contribution in [3.8, 4) is 11.6 Å². The van der Waals surface area contributed by atoms with Crippen LogP contribution in [-0.2, 0) is 6.54 Å². The Hall–Kier alpha value is -1.68. The lowest BCUT2D eigenvalue weighted by molar-refractivity contribution is 0.416. The maximum Gasteiger partial charge on any atom is 0.241 e. The van der Waals surface area contributed by atoms with E-state index in [9.17, 15) is 0 Å². The summed E-state index contributed by atoms with van der Waals surface area (Å²) in [6, 6.07) is 5.52. The van der Waals surface area contributed by atoms with E-state index in [2.05, 4.69) is 5.10 Å². The van der Waals surface area contributed by atoms with Gasteiger partial charge in [-0.05, 0) is 38.5 Å². The molecule has 0 aliphatic carbocycles. The minimum absolute atomic E-state index is 0.566. The number of ether oxygens (including phenoxy) is 1. The molecule has 0 unspecified atom stereocenters. The van der Waals surface area contributed by atoms with Gasteiger partial charge >= 0.3 is 0 Å². The number of nitrogens with two attached hydrogens (primary N) is 1. The molecule has 5 heteroatoms. The highest BCUT2D eigenvalue weighted by Crippen LogP contribution is 2.32. The molecule has 18 heavy (non-hydrogen) atoms. The number of rotatable bonds is 3. The van der Waals surface area contributed by atoms with E-state index in [-0.39, 0.29) is 0 Å². The molecule has 0 radical (unpaired) electrons. The van der Waals surface area contributed by atoms with Gasteiger partial charge in [-0.25, -0.2) is 4.68 Å². The molecule has 0 spiro atoms. The number of halogens is 1. The van der Waals surface area contributed by atoms with Gasteiger partial charge in [0, 0.05) is 11.6 Å². The Balaban J connectivity index is 2.42. The van der Waals surface area contributed by atoms with Crippen molar-refractivity contribution in [2.75, 3.05) is 5.73 Å². The smallest absolute Gasteiger partial charge is 0.241 e. The molecule has 0 saturated carbocycles. The third-order valence-electron chi connectivity index (χ3n) is 2.78. The first-order chi connectivity index (χ1) is 8.52. The van der Waals surface area contributed by atoms with E-state index in [1.54, 1.807) is 10.7 Å². The molecule has 1 heterocycles. The van der Waals surface area contributed by atoms with Crippen LogP contribution in [0.5, 0.6) is 11.6 Å². The molecule has 2 aromatic rings. The highest BCUT2D eigenvalue weighted by Gasteiger charge is 2.14. The molecule has 4 nitrogen and oxygen atoms in total. The van der Waals surface area contributed by atoms with Crippen molar-refractivity contribution >= 4 is 17.3 Å². The van der Waals surface area contributed by atoms with Crippen LogP contribution in [0.25, 0.3) is 0 Å². The fraction of sp³-hybridized carbons (Fsp3) is 0.308. The molecule has 0 aliphatic heterocycles. The second-order valence-electron chi connectivity index (χ2n) is 4.13. The molecular formula is C13H16ClN3O. The van der Waals surface area contributed by atoms with Crippen molar-refractivity contribution < 1.29 is 4.74 Å². The van der Waals surface area contributed by atoms with Gasteiger partial charge < -0.3 is 10.5 Å². The molecular weight excluding hydrogens is 250 g/mol. The Morgan fingerprint density at radius 3 is 2.78 bits per heavy atom. The first-order valence-corrected chi connectivity index (χ1v) is 6.17. The summed E-state index contributed by atoms with van der Waals surface area (Å²) in [5, 5.41) is 4.94. The number of aromatic nitrogens is 2. The van der Waals surface area contributed by atoms with Gasteiger partial charge in [-0.3, -0.25) is 0 Å². The molecule has 2 N–H and O–H groups in total. The number of nitrogen functional groups attached to an aromatic ring is 1. The highest BCUT2D eigenvalue weighted by molar-refractivity contribution is 6.30. The van der Waals surface area contributed by atoms with Crippen LogP contribution in [-0.4, -0.2) is 9.78 Å². The van der Waals surface area contributed by atoms with Crippen molar-refractivity contribution in [2.24, 2.45) is 0 Å². The van der Waals surface area contributed by atoms with Crippen molar-refractivity contribution in [2.45, 2.75) is 27.3 Å². The molecule has 2 rings (SSSR count). The average molecular weight is 266 g/mol. The minimum Gasteiger partial charge on any atom is -0.437 e. The summed E-state index contributed by atoms with van der Waals surface area (Å²) in [6.45, 7) is 6.51. The number of anilines is 1. The van der Waals surface area contributed by atoms with Gasteiger partial charge in [0.05, 0.1) is 5.69 Å². The predicted octanol–water partition coefficient (Wildman–Crippen LogP) is 3.55. The first-order valence-electron chi connectivity index (χ1n) is 5.79. The third kappa shape index (κ3) is 2.29. The standard InChI is InChI=1S/C13H16ClN3O/c1-4-17-13(12(15)9(3)16-17)18-11-7-10(14)6-5-8(11)2/h5-7H,4,15H2,1-3H3. The van der Waals surface area contributed by atoms with E-state index in [1.165, 1.54) is 0 Å². The largest absolute Gasteiger partial charge is 0.437 e. The molecule has 0 atom stereocenters. The van der Waals surface area contributed by atoms with E-state index >= 15 is 0 Å². The van der Waals surface area contributed by atoms with Crippen LogP contribution >= 0.6 is 11.6 Å². The second-order valence-corrected chi connectivity index (χ2v) is 4.57. The fourth-order valence-electron chi connectivity index (χ4n) is 1.68. The molecule has 0 amide bonds. The van der Waals surface area contributed by atoms with Gasteiger partial charge in [0.15, 0.2) is 0 Å². The number of nitrogens with zero attached hydrogens (tertiary/aromatic N) is 2. The zero-order valence-electron chi connectivity index (χ0n) is 10.7. The zero-order chi connectivity index (χ0) is 13.3. The molecule has 1 aromatic heterocycles. The zero-order valence-corrected chi connectivity index (χ0v) is 11.5. The van der Waals surface area contributed by atoms with E-state index in [0.717, 1.165) is 11.3 Å². The van der Waals surface area contributed by atoms with Crippen LogP contribution < -0.4 is 10.5 Å². The molecule has 96 valence electrons. The number of aryl methyl sites for hydroxylation is 3. The van der Waals surface area contributed by atoms with Crippen LogP contribution in [0.1, 0.15) is 18.2 Å². The van der Waals surface area contributed by atoms with E-state index in [1.807, 2.05) is 32.9 Å². The Morgan fingerprint density at radius 1 is 1.39 bits per heavy atom. The monoisotopic (exact) mass is 265 g/mol. The normalized spacial score (nSPS) is 10.7. The summed E-state index contributed by atoms with van der Waals surface area (Å²) in [4.78, 5) is 0. The fourth-order valence-corrected chi connectivity index (χ4v) is 1.85. The molecule has 1 aromatic carbocycles. The summed E-state index contributed by atoms with van der Waals surface area (Å²) in [7, 11) is 0. The van der Waals surface area contributed by atoms with Gasteiger partial charge in [-0.1, -0.05) is 17.7 Å². The summed E-state index contributed by atoms with van der Waals surface area (Å²) in [6.07, 6.45) is 0. The Bertz CT molecular complexity index is 578. The van der Waals surface area contributed by atoms with Crippen LogP contribution in [0.2, 0.25) is 5.02 Å². The van der Waals surface area contributed by atoms with Gasteiger partial charge in [0.25, 0.3) is 0 Å². The number of hydrogen-bond donors (Lipinski definition) is 1. The third-order valence-corrected chi connectivity index (χ3v) is 3.02. The van der Waals surface area contributed by atoms with Crippen molar-refractivity contribution in [1.82, 2.24) is 9.78 Å². The number of hydrogen-bond acceptors (Lipinski definition) is 3. The summed E-state index contributed by atoms with van der Waals surface area (Å²) >= 11 is 5.97. The second kappa shape index (κ2) is 4.90. The molecule has 0 aliphatic rings. The van der Waals surface area contributed by atoms with Crippen LogP contribution in [0, 0.1) is 13.8 Å². The van der Waals surface area contributed by atoms with Gasteiger partial charge in [0.1, 0.15) is 11.4 Å². The lowest BCUT2D eigenvalue weighted by Gasteiger charge is -2.10. The number of benzene rings is 1. The summed E-state index contributed by atoms with van der Waals surface area (Å²) in [5.74, 6) is 1.27. The lowest BCUT2D eigenvalue weighted by atomic mass is 10.2. The highest BCUT2D eigenvalue weighted by atomic mass is 35.5. The summed E-state index contributed by atoms with van der Waals surface area (Å²) < 4.78 is 7.60. The maximum atomic E-state index is 5.97. The van der Waals surface area contributed by atoms with E-state index in [0.29, 0.717) is 28.9 Å². The van der Waals surface area contributed by atoms with Crippen LogP contribution in [0.3, 0.4) is 0 Å². The van der Waals surface area contributed by atoms with Gasteiger partial charge in [0.2, 0.25) is 5.88 Å². The molecule has 0 saturated heterocycles. The minimum atomic E-state index is 0.566. The first kappa shape index (κ1) is 12.8. The van der Waals surface area contributed by atoms with Crippen molar-refractivity contribution in [3.63, 3.8) is 0 Å². The Labute approximate surface area is 111 Å². The van der Waals surface area contributed by atoms with Gasteiger partial charge in [-0.2, -0.15) is 5.10 Å². The quantitative estimate of drug-likeness (QED) is 0.923. The molecule has 0 bridgehead atoms.